The zero-order valence-electron chi connectivity index (χ0n) is 10.7. The van der Waals surface area contributed by atoms with Crippen molar-refractivity contribution < 1.29 is 0 Å². The Bertz CT molecular complexity index is 703. The molecule has 3 heteroatoms. The lowest BCUT2D eigenvalue weighted by Gasteiger charge is -2.35. The molecule has 0 amide bonds. The van der Waals surface area contributed by atoms with Gasteiger partial charge < -0.3 is 16.0 Å². The maximum Gasteiger partial charge on any atom is 0.128 e. The van der Waals surface area contributed by atoms with E-state index in [2.05, 4.69) is 53.7 Å². The fourth-order valence-corrected chi connectivity index (χ4v) is 3.09. The molecular formula is C16H15N3. The molecule has 1 unspecified atom stereocenters. The minimum atomic E-state index is 0.132. The molecule has 0 aromatic heterocycles. The number of para-hydroxylation sites is 2. The van der Waals surface area contributed by atoms with Gasteiger partial charge >= 0.3 is 0 Å². The van der Waals surface area contributed by atoms with Gasteiger partial charge in [-0.1, -0.05) is 36.4 Å². The highest BCUT2D eigenvalue weighted by Gasteiger charge is 2.36. The number of nitrogens with zero attached hydrogens (tertiary/aromatic N) is 1. The lowest BCUT2D eigenvalue weighted by Crippen LogP contribution is -2.39. The summed E-state index contributed by atoms with van der Waals surface area (Å²) in [6.07, 6.45) is 0.132. The van der Waals surface area contributed by atoms with Crippen LogP contribution in [0.5, 0.6) is 0 Å². The van der Waals surface area contributed by atoms with Crippen LogP contribution in [0.1, 0.15) is 11.1 Å². The molecule has 2 aromatic carbocycles. The summed E-state index contributed by atoms with van der Waals surface area (Å²) >= 11 is 0. The zero-order valence-corrected chi connectivity index (χ0v) is 10.7. The van der Waals surface area contributed by atoms with Crippen molar-refractivity contribution in [2.75, 3.05) is 17.3 Å². The third-order valence-corrected chi connectivity index (χ3v) is 4.03. The fourth-order valence-electron chi connectivity index (χ4n) is 3.09. The van der Waals surface area contributed by atoms with Crippen molar-refractivity contribution in [2.45, 2.75) is 6.17 Å². The smallest absolute Gasteiger partial charge is 0.128 e. The van der Waals surface area contributed by atoms with Crippen molar-refractivity contribution >= 4 is 22.6 Å². The highest BCUT2D eigenvalue weighted by atomic mass is 15.3. The average molecular weight is 249 g/mol. The lowest BCUT2D eigenvalue weighted by atomic mass is 9.94. The van der Waals surface area contributed by atoms with Crippen molar-refractivity contribution in [1.82, 2.24) is 0 Å². The lowest BCUT2D eigenvalue weighted by molar-refractivity contribution is 0.861. The van der Waals surface area contributed by atoms with Crippen LogP contribution in [0.2, 0.25) is 0 Å². The van der Waals surface area contributed by atoms with Gasteiger partial charge in [0.15, 0.2) is 0 Å². The summed E-state index contributed by atoms with van der Waals surface area (Å²) in [5.41, 5.74) is 13.2. The van der Waals surface area contributed by atoms with Crippen LogP contribution in [0.4, 0.5) is 11.4 Å². The maximum atomic E-state index is 6.42. The summed E-state index contributed by atoms with van der Waals surface area (Å²) in [5.74, 6) is 0. The van der Waals surface area contributed by atoms with Crippen molar-refractivity contribution in [3.8, 4) is 0 Å². The molecule has 2 heterocycles. The molecule has 0 saturated carbocycles. The molecule has 2 aliphatic rings. The molecule has 0 fully saturated rings. The van der Waals surface area contributed by atoms with E-state index < -0.39 is 0 Å². The summed E-state index contributed by atoms with van der Waals surface area (Å²) in [6, 6.07) is 16.6. The number of hydrogen-bond acceptors (Lipinski definition) is 3. The Morgan fingerprint density at radius 2 is 1.68 bits per heavy atom. The largest absolute Gasteiger partial charge is 0.398 e. The molecule has 2 aromatic rings. The number of hydrogen-bond donors (Lipinski definition) is 2. The van der Waals surface area contributed by atoms with Gasteiger partial charge in [0.05, 0.1) is 0 Å². The molecule has 1 atom stereocenters. The quantitative estimate of drug-likeness (QED) is 0.754. The molecule has 0 aliphatic carbocycles. The second kappa shape index (κ2) is 3.54. The fraction of sp³-hybridized carbons (Fsp3) is 0.125. The van der Waals surface area contributed by atoms with Crippen LogP contribution in [0.15, 0.2) is 48.5 Å². The summed E-state index contributed by atoms with van der Waals surface area (Å²) in [7, 11) is 2.11. The number of rotatable bonds is 0. The van der Waals surface area contributed by atoms with Gasteiger partial charge in [0.2, 0.25) is 0 Å². The van der Waals surface area contributed by atoms with E-state index in [0.29, 0.717) is 0 Å². The highest BCUT2D eigenvalue weighted by Crippen LogP contribution is 2.45. The van der Waals surface area contributed by atoms with E-state index in [1.165, 1.54) is 16.8 Å². The van der Waals surface area contributed by atoms with Crippen LogP contribution in [0, 0.1) is 0 Å². The van der Waals surface area contributed by atoms with Gasteiger partial charge in [0.1, 0.15) is 6.17 Å². The van der Waals surface area contributed by atoms with Crippen LogP contribution in [-0.4, -0.2) is 13.2 Å². The third-order valence-electron chi connectivity index (χ3n) is 4.03. The summed E-state index contributed by atoms with van der Waals surface area (Å²) in [6.45, 7) is 0. The van der Waals surface area contributed by atoms with Crippen LogP contribution >= 0.6 is 0 Å². The molecule has 3 N–H and O–H groups in total. The van der Waals surface area contributed by atoms with E-state index >= 15 is 0 Å². The number of benzene rings is 2. The zero-order chi connectivity index (χ0) is 13.0. The van der Waals surface area contributed by atoms with Gasteiger partial charge in [-0.3, -0.25) is 0 Å². The Morgan fingerprint density at radius 3 is 2.53 bits per heavy atom. The number of likely N-dealkylation sites (N-methyl/N-ethyl adjacent to an activating group) is 1. The van der Waals surface area contributed by atoms with Gasteiger partial charge in [-0.2, -0.15) is 0 Å². The van der Waals surface area contributed by atoms with E-state index in [0.717, 1.165) is 16.9 Å². The Kier molecular flexibility index (Phi) is 1.96. The van der Waals surface area contributed by atoms with Gasteiger partial charge in [-0.15, -0.1) is 0 Å². The number of nitrogens with one attached hydrogen (secondary N) is 1. The van der Waals surface area contributed by atoms with Crippen LogP contribution in [-0.2, 0) is 0 Å². The molecule has 0 bridgehead atoms. The molecule has 2 aliphatic heterocycles. The van der Waals surface area contributed by atoms with Crippen LogP contribution in [0.3, 0.4) is 0 Å². The second-order valence-electron chi connectivity index (χ2n) is 5.05. The summed E-state index contributed by atoms with van der Waals surface area (Å²) < 4.78 is 0. The molecule has 4 rings (SSSR count). The van der Waals surface area contributed by atoms with Crippen molar-refractivity contribution in [1.29, 1.82) is 0 Å². The van der Waals surface area contributed by atoms with Gasteiger partial charge in [0.25, 0.3) is 0 Å². The van der Waals surface area contributed by atoms with Crippen LogP contribution in [0.25, 0.3) is 11.3 Å². The normalized spacial score (nSPS) is 19.6. The molecular weight excluding hydrogens is 234 g/mol. The van der Waals surface area contributed by atoms with Gasteiger partial charge in [-0.25, -0.2) is 0 Å². The van der Waals surface area contributed by atoms with E-state index in [4.69, 9.17) is 5.73 Å². The third kappa shape index (κ3) is 1.27. The first-order valence-electron chi connectivity index (χ1n) is 6.45. The first-order chi connectivity index (χ1) is 9.27. The Labute approximate surface area is 112 Å². The van der Waals surface area contributed by atoms with E-state index in [-0.39, 0.29) is 6.17 Å². The molecule has 0 spiro atoms. The predicted octanol–water partition coefficient (Wildman–Crippen LogP) is 2.72. The number of anilines is 2. The second-order valence-corrected chi connectivity index (χ2v) is 5.05. The molecule has 0 saturated heterocycles. The highest BCUT2D eigenvalue weighted by molar-refractivity contribution is 6.05. The van der Waals surface area contributed by atoms with Crippen LogP contribution < -0.4 is 16.0 Å². The van der Waals surface area contributed by atoms with E-state index in [1.807, 2.05) is 12.1 Å². The molecule has 3 nitrogen and oxygen atoms in total. The first kappa shape index (κ1) is 10.5. The topological polar surface area (TPSA) is 41.3 Å². The molecule has 0 radical (unpaired) electrons. The average Bonchev–Trinajstić information content (AvgIpc) is 2.84. The standard InChI is InChI=1S/C16H15N3/c1-19-13-9-5-3-7-11(13)15(17)14-10-6-2-4-8-12(10)18-16(14)19/h2-9,16,18H,17H2,1H3. The number of nitrogens with two attached hydrogens (primary N) is 1. The Hall–Kier alpha value is -2.42. The van der Waals surface area contributed by atoms with Crippen molar-refractivity contribution in [2.24, 2.45) is 5.73 Å². The van der Waals surface area contributed by atoms with Crippen molar-refractivity contribution in [3.05, 3.63) is 59.7 Å². The minimum Gasteiger partial charge on any atom is -0.398 e. The van der Waals surface area contributed by atoms with E-state index in [1.54, 1.807) is 0 Å². The van der Waals surface area contributed by atoms with E-state index in [9.17, 15) is 0 Å². The van der Waals surface area contributed by atoms with Crippen molar-refractivity contribution in [3.63, 3.8) is 0 Å². The Morgan fingerprint density at radius 1 is 1.00 bits per heavy atom. The Balaban J connectivity index is 2.02. The van der Waals surface area contributed by atoms with Gasteiger partial charge in [-0.05, 0) is 12.1 Å². The monoisotopic (exact) mass is 249 g/mol. The maximum absolute atomic E-state index is 6.42. The first-order valence-corrected chi connectivity index (χ1v) is 6.45. The predicted molar refractivity (Wildman–Crippen MR) is 79.7 cm³/mol. The molecule has 94 valence electrons. The summed E-state index contributed by atoms with van der Waals surface area (Å²) in [5, 5.41) is 3.55. The summed E-state index contributed by atoms with van der Waals surface area (Å²) in [4.78, 5) is 2.25. The SMILES string of the molecule is CN1c2ccccc2C(N)=C2c3ccccc3NC21. The minimum absolute atomic E-state index is 0.132. The number of fused-ring (bicyclic) bond motifs is 4. The van der Waals surface area contributed by atoms with Gasteiger partial charge in [0, 0.05) is 40.8 Å². The molecule has 19 heavy (non-hydrogen) atoms.